The third kappa shape index (κ3) is 1.63. The summed E-state index contributed by atoms with van der Waals surface area (Å²) in [7, 11) is 0. The quantitative estimate of drug-likeness (QED) is 0.741. The molecule has 2 atom stereocenters. The maximum Gasteiger partial charge on any atom is 0.269 e. The molecule has 0 aliphatic carbocycles. The molecule has 0 saturated heterocycles. The molecule has 2 unspecified atom stereocenters. The summed E-state index contributed by atoms with van der Waals surface area (Å²) in [5.74, 6) is -0.285. The Morgan fingerprint density at radius 2 is 2.53 bits per heavy atom. The lowest BCUT2D eigenvalue weighted by Crippen LogP contribution is -2.24. The SMILES string of the molecule is CCC1CCn2nc(C(N)=O)cc2C1O. The summed E-state index contributed by atoms with van der Waals surface area (Å²) in [5, 5.41) is 14.1. The first-order valence-corrected chi connectivity index (χ1v) is 5.19. The predicted molar refractivity (Wildman–Crippen MR) is 54.1 cm³/mol. The van der Waals surface area contributed by atoms with Crippen molar-refractivity contribution in [3.8, 4) is 0 Å². The number of aliphatic hydroxyl groups is 1. The maximum absolute atomic E-state index is 10.9. The molecule has 0 aromatic carbocycles. The van der Waals surface area contributed by atoms with Gasteiger partial charge in [-0.15, -0.1) is 0 Å². The molecule has 15 heavy (non-hydrogen) atoms. The van der Waals surface area contributed by atoms with Crippen molar-refractivity contribution in [2.45, 2.75) is 32.4 Å². The number of nitrogens with two attached hydrogens (primary N) is 1. The lowest BCUT2D eigenvalue weighted by Gasteiger charge is -2.27. The highest BCUT2D eigenvalue weighted by Gasteiger charge is 2.28. The van der Waals surface area contributed by atoms with Gasteiger partial charge in [-0.3, -0.25) is 9.48 Å². The van der Waals surface area contributed by atoms with Gasteiger partial charge in [0.25, 0.3) is 5.91 Å². The number of primary amides is 1. The molecule has 1 aliphatic rings. The van der Waals surface area contributed by atoms with Gasteiger partial charge in [-0.25, -0.2) is 0 Å². The molecule has 0 bridgehead atoms. The fourth-order valence-corrected chi connectivity index (χ4v) is 2.08. The Bertz CT molecular complexity index is 386. The topological polar surface area (TPSA) is 81.1 Å². The van der Waals surface area contributed by atoms with Crippen LogP contribution in [0.2, 0.25) is 0 Å². The molecule has 0 spiro atoms. The van der Waals surface area contributed by atoms with E-state index in [2.05, 4.69) is 12.0 Å². The standard InChI is InChI=1S/C10H15N3O2/c1-2-6-3-4-13-8(9(6)14)5-7(12-13)10(11)15/h5-6,9,14H,2-4H2,1H3,(H2,11,15). The van der Waals surface area contributed by atoms with Crippen LogP contribution in [0.5, 0.6) is 0 Å². The number of carbonyl (C=O) groups is 1. The summed E-state index contributed by atoms with van der Waals surface area (Å²) >= 11 is 0. The zero-order valence-electron chi connectivity index (χ0n) is 8.68. The highest BCUT2D eigenvalue weighted by molar-refractivity contribution is 5.90. The number of aryl methyl sites for hydroxylation is 1. The van der Waals surface area contributed by atoms with Crippen LogP contribution in [0, 0.1) is 5.92 Å². The van der Waals surface area contributed by atoms with Gasteiger partial charge < -0.3 is 10.8 Å². The Morgan fingerprint density at radius 1 is 1.80 bits per heavy atom. The summed E-state index contributed by atoms with van der Waals surface area (Å²) in [6.45, 7) is 2.80. The molecule has 0 radical (unpaired) electrons. The Morgan fingerprint density at radius 3 is 3.13 bits per heavy atom. The number of amides is 1. The van der Waals surface area contributed by atoms with E-state index >= 15 is 0 Å². The number of hydrogen-bond donors (Lipinski definition) is 2. The van der Waals surface area contributed by atoms with Crippen LogP contribution in [0.25, 0.3) is 0 Å². The fraction of sp³-hybridized carbons (Fsp3) is 0.600. The molecule has 1 amide bonds. The number of fused-ring (bicyclic) bond motifs is 1. The molecule has 1 aliphatic heterocycles. The van der Waals surface area contributed by atoms with Gasteiger partial charge in [0.1, 0.15) is 5.69 Å². The second kappa shape index (κ2) is 3.66. The van der Waals surface area contributed by atoms with Crippen LogP contribution in [0.3, 0.4) is 0 Å². The lowest BCUT2D eigenvalue weighted by atomic mass is 9.91. The number of aromatic nitrogens is 2. The highest BCUT2D eigenvalue weighted by Crippen LogP contribution is 2.32. The van der Waals surface area contributed by atoms with Crippen LogP contribution in [-0.4, -0.2) is 20.8 Å². The third-order valence-electron chi connectivity index (χ3n) is 3.05. The molecule has 0 fully saturated rings. The van der Waals surface area contributed by atoms with Crippen molar-refractivity contribution in [3.05, 3.63) is 17.5 Å². The molecule has 2 heterocycles. The molecule has 2 rings (SSSR count). The molecule has 5 nitrogen and oxygen atoms in total. The van der Waals surface area contributed by atoms with E-state index in [0.717, 1.165) is 19.4 Å². The van der Waals surface area contributed by atoms with Gasteiger partial charge in [0, 0.05) is 6.54 Å². The summed E-state index contributed by atoms with van der Waals surface area (Å²) in [5.41, 5.74) is 6.09. The van der Waals surface area contributed by atoms with Gasteiger partial charge in [-0.05, 0) is 18.4 Å². The summed E-state index contributed by atoms with van der Waals surface area (Å²) < 4.78 is 1.68. The van der Waals surface area contributed by atoms with Gasteiger partial charge in [0.2, 0.25) is 0 Å². The first kappa shape index (κ1) is 10.2. The van der Waals surface area contributed by atoms with Crippen molar-refractivity contribution in [2.24, 2.45) is 11.7 Å². The molecule has 1 aromatic heterocycles. The van der Waals surface area contributed by atoms with E-state index < -0.39 is 12.0 Å². The van der Waals surface area contributed by atoms with Crippen molar-refractivity contribution >= 4 is 5.91 Å². The Kier molecular flexibility index (Phi) is 2.48. The normalized spacial score (nSPS) is 24.9. The van der Waals surface area contributed by atoms with E-state index in [1.54, 1.807) is 10.7 Å². The van der Waals surface area contributed by atoms with E-state index in [9.17, 15) is 9.90 Å². The van der Waals surface area contributed by atoms with Crippen LogP contribution >= 0.6 is 0 Å². The van der Waals surface area contributed by atoms with E-state index in [4.69, 9.17) is 5.73 Å². The molecule has 82 valence electrons. The molecule has 1 aromatic rings. The van der Waals surface area contributed by atoms with Gasteiger partial charge in [0.05, 0.1) is 11.8 Å². The second-order valence-corrected chi connectivity index (χ2v) is 3.94. The number of rotatable bonds is 2. The molecule has 5 heteroatoms. The minimum atomic E-state index is -0.544. The van der Waals surface area contributed by atoms with E-state index in [1.807, 2.05) is 0 Å². The van der Waals surface area contributed by atoms with Crippen molar-refractivity contribution < 1.29 is 9.90 Å². The third-order valence-corrected chi connectivity index (χ3v) is 3.05. The molecular formula is C10H15N3O2. The zero-order valence-corrected chi connectivity index (χ0v) is 8.68. The second-order valence-electron chi connectivity index (χ2n) is 3.94. The average Bonchev–Trinajstić information content (AvgIpc) is 2.63. The van der Waals surface area contributed by atoms with Crippen LogP contribution in [0.15, 0.2) is 6.07 Å². The minimum Gasteiger partial charge on any atom is -0.387 e. The van der Waals surface area contributed by atoms with Gasteiger partial charge >= 0.3 is 0 Å². The number of nitrogens with zero attached hydrogens (tertiary/aromatic N) is 2. The van der Waals surface area contributed by atoms with Crippen LogP contribution < -0.4 is 5.73 Å². The highest BCUT2D eigenvalue weighted by atomic mass is 16.3. The van der Waals surface area contributed by atoms with Crippen molar-refractivity contribution in [3.63, 3.8) is 0 Å². The zero-order chi connectivity index (χ0) is 11.0. The van der Waals surface area contributed by atoms with E-state index in [-0.39, 0.29) is 11.6 Å². The number of aliphatic hydroxyl groups excluding tert-OH is 1. The Balaban J connectivity index is 2.35. The largest absolute Gasteiger partial charge is 0.387 e. The smallest absolute Gasteiger partial charge is 0.269 e. The predicted octanol–water partition coefficient (Wildman–Crippen LogP) is 0.445. The number of carbonyl (C=O) groups excluding carboxylic acids is 1. The van der Waals surface area contributed by atoms with Crippen LogP contribution in [-0.2, 0) is 6.54 Å². The van der Waals surface area contributed by atoms with Crippen molar-refractivity contribution in [2.75, 3.05) is 0 Å². The van der Waals surface area contributed by atoms with Crippen LogP contribution in [0.1, 0.15) is 42.1 Å². The summed E-state index contributed by atoms with van der Waals surface area (Å²) in [6.07, 6.45) is 1.30. The van der Waals surface area contributed by atoms with Crippen molar-refractivity contribution in [1.82, 2.24) is 9.78 Å². The summed E-state index contributed by atoms with van der Waals surface area (Å²) in [6, 6.07) is 1.59. The van der Waals surface area contributed by atoms with Crippen molar-refractivity contribution in [1.29, 1.82) is 0 Å². The van der Waals surface area contributed by atoms with Gasteiger partial charge in [-0.1, -0.05) is 13.3 Å². The average molecular weight is 209 g/mol. The van der Waals surface area contributed by atoms with E-state index in [1.165, 1.54) is 0 Å². The monoisotopic (exact) mass is 209 g/mol. The summed E-state index contributed by atoms with van der Waals surface area (Å²) in [4.78, 5) is 10.9. The molecular weight excluding hydrogens is 194 g/mol. The number of hydrogen-bond acceptors (Lipinski definition) is 3. The first-order chi connectivity index (χ1) is 7.13. The van der Waals surface area contributed by atoms with Crippen LogP contribution in [0.4, 0.5) is 0 Å². The first-order valence-electron chi connectivity index (χ1n) is 5.19. The maximum atomic E-state index is 10.9. The lowest BCUT2D eigenvalue weighted by molar-refractivity contribution is 0.0707. The Labute approximate surface area is 87.9 Å². The van der Waals surface area contributed by atoms with Gasteiger partial charge in [0.15, 0.2) is 0 Å². The molecule has 3 N–H and O–H groups in total. The fourth-order valence-electron chi connectivity index (χ4n) is 2.08. The van der Waals surface area contributed by atoms with E-state index in [0.29, 0.717) is 5.69 Å². The Hall–Kier alpha value is -1.36. The van der Waals surface area contributed by atoms with Gasteiger partial charge in [-0.2, -0.15) is 5.10 Å². The molecule has 0 saturated carbocycles. The minimum absolute atomic E-state index is 0.237.